The number of amides is 2. The molecule has 0 unspecified atom stereocenters. The molecular weight excluding hydrogens is 388 g/mol. The number of primary amides is 1. The van der Waals surface area contributed by atoms with Crippen molar-refractivity contribution in [1.82, 2.24) is 20.2 Å². The molecule has 0 spiro atoms. The van der Waals surface area contributed by atoms with Gasteiger partial charge in [-0.1, -0.05) is 17.8 Å². The molecule has 0 aliphatic heterocycles. The third kappa shape index (κ3) is 4.26. The number of carbonyl (C=O) groups is 2. The van der Waals surface area contributed by atoms with Crippen molar-refractivity contribution in [2.45, 2.75) is 12.1 Å². The minimum absolute atomic E-state index is 0.0601. The van der Waals surface area contributed by atoms with E-state index < -0.39 is 5.91 Å². The Morgan fingerprint density at radius 3 is 2.93 bits per heavy atom. The molecule has 0 fully saturated rings. The van der Waals surface area contributed by atoms with E-state index in [4.69, 9.17) is 10.5 Å². The summed E-state index contributed by atoms with van der Waals surface area (Å²) in [6.07, 6.45) is 0. The van der Waals surface area contributed by atoms with E-state index >= 15 is 0 Å². The number of carbonyl (C=O) groups excluding carboxylic acids is 2. The van der Waals surface area contributed by atoms with Crippen molar-refractivity contribution in [2.75, 3.05) is 18.2 Å². The minimum Gasteiger partial charge on any atom is -0.494 e. The van der Waals surface area contributed by atoms with Crippen LogP contribution >= 0.6 is 23.1 Å². The highest BCUT2D eigenvalue weighted by molar-refractivity contribution is 7.99. The zero-order valence-electron chi connectivity index (χ0n) is 14.5. The van der Waals surface area contributed by atoms with Gasteiger partial charge in [-0.3, -0.25) is 9.59 Å². The standard InChI is InChI=1S/C16H16N6O3S2/c1-9-3-4-12(25-2)11(7-9)22-16(19-20-21-22)27-8-13(23)18-15-10(14(17)24)5-6-26-15/h3-7H,8H2,1-2H3,(H2,17,24)(H,18,23). The van der Waals surface area contributed by atoms with Gasteiger partial charge in [0.15, 0.2) is 0 Å². The molecule has 11 heteroatoms. The van der Waals surface area contributed by atoms with Crippen LogP contribution in [0.2, 0.25) is 0 Å². The first-order valence-electron chi connectivity index (χ1n) is 7.73. The van der Waals surface area contributed by atoms with Crippen molar-refractivity contribution in [2.24, 2.45) is 5.73 Å². The maximum absolute atomic E-state index is 12.2. The average Bonchev–Trinajstić information content (AvgIpc) is 3.29. The third-order valence-corrected chi connectivity index (χ3v) is 5.27. The number of tetrazole rings is 1. The van der Waals surface area contributed by atoms with Gasteiger partial charge in [0.05, 0.1) is 18.4 Å². The van der Waals surface area contributed by atoms with Crippen molar-refractivity contribution in [3.8, 4) is 11.4 Å². The maximum Gasteiger partial charge on any atom is 0.251 e. The Kier molecular flexibility index (Phi) is 5.72. The number of anilines is 1. The van der Waals surface area contributed by atoms with Crippen LogP contribution in [0.3, 0.4) is 0 Å². The van der Waals surface area contributed by atoms with E-state index in [1.807, 2.05) is 25.1 Å². The van der Waals surface area contributed by atoms with Crippen molar-refractivity contribution < 1.29 is 14.3 Å². The molecule has 3 rings (SSSR count). The molecule has 0 bridgehead atoms. The molecular formula is C16H16N6O3S2. The van der Waals surface area contributed by atoms with E-state index in [1.165, 1.54) is 27.8 Å². The molecule has 0 atom stereocenters. The lowest BCUT2D eigenvalue weighted by Crippen LogP contribution is -2.18. The monoisotopic (exact) mass is 404 g/mol. The summed E-state index contributed by atoms with van der Waals surface area (Å²) >= 11 is 2.40. The topological polar surface area (TPSA) is 125 Å². The number of methoxy groups -OCH3 is 1. The molecule has 2 aromatic heterocycles. The number of benzene rings is 1. The van der Waals surface area contributed by atoms with Crippen molar-refractivity contribution in [1.29, 1.82) is 0 Å². The fourth-order valence-corrected chi connectivity index (χ4v) is 3.77. The Morgan fingerprint density at radius 2 is 2.19 bits per heavy atom. The SMILES string of the molecule is COc1ccc(C)cc1-n1nnnc1SCC(=O)Nc1sccc1C(N)=O. The predicted molar refractivity (Wildman–Crippen MR) is 103 cm³/mol. The number of aromatic nitrogens is 4. The van der Waals surface area contributed by atoms with Crippen LogP contribution in [0.5, 0.6) is 5.75 Å². The second-order valence-corrected chi connectivity index (χ2v) is 7.27. The van der Waals surface area contributed by atoms with Crippen LogP contribution in [0.4, 0.5) is 5.00 Å². The Balaban J connectivity index is 1.72. The number of aryl methyl sites for hydroxylation is 1. The molecule has 9 nitrogen and oxygen atoms in total. The zero-order chi connectivity index (χ0) is 19.4. The van der Waals surface area contributed by atoms with Crippen molar-refractivity contribution >= 4 is 39.9 Å². The molecule has 140 valence electrons. The van der Waals surface area contributed by atoms with E-state index in [9.17, 15) is 9.59 Å². The molecule has 1 aromatic carbocycles. The van der Waals surface area contributed by atoms with E-state index in [0.29, 0.717) is 21.6 Å². The van der Waals surface area contributed by atoms with E-state index in [0.717, 1.165) is 5.56 Å². The molecule has 0 saturated heterocycles. The number of ether oxygens (including phenoxy) is 1. The summed E-state index contributed by atoms with van der Waals surface area (Å²) in [4.78, 5) is 23.6. The summed E-state index contributed by atoms with van der Waals surface area (Å²) < 4.78 is 6.88. The highest BCUT2D eigenvalue weighted by Gasteiger charge is 2.17. The first-order valence-corrected chi connectivity index (χ1v) is 9.59. The summed E-state index contributed by atoms with van der Waals surface area (Å²) in [5.41, 5.74) is 7.26. The molecule has 0 aliphatic carbocycles. The molecule has 2 amide bonds. The lowest BCUT2D eigenvalue weighted by atomic mass is 10.2. The first-order chi connectivity index (χ1) is 13.0. The summed E-state index contributed by atoms with van der Waals surface area (Å²) in [6, 6.07) is 7.21. The Labute approximate surface area is 162 Å². The van der Waals surface area contributed by atoms with Crippen molar-refractivity contribution in [3.05, 3.63) is 40.8 Å². The third-order valence-electron chi connectivity index (χ3n) is 3.52. The molecule has 2 heterocycles. The van der Waals surface area contributed by atoms with Crippen molar-refractivity contribution in [3.63, 3.8) is 0 Å². The fourth-order valence-electron chi connectivity index (χ4n) is 2.28. The van der Waals surface area contributed by atoms with Gasteiger partial charge in [0.1, 0.15) is 16.4 Å². The van der Waals surface area contributed by atoms with Crippen LogP contribution in [-0.4, -0.2) is 44.9 Å². The normalized spacial score (nSPS) is 10.6. The lowest BCUT2D eigenvalue weighted by molar-refractivity contribution is -0.113. The number of nitrogens with zero attached hydrogens (tertiary/aromatic N) is 4. The van der Waals surface area contributed by atoms with Crippen LogP contribution < -0.4 is 15.8 Å². The van der Waals surface area contributed by atoms with E-state index in [-0.39, 0.29) is 17.2 Å². The zero-order valence-corrected chi connectivity index (χ0v) is 16.1. The fraction of sp³-hybridized carbons (Fsp3) is 0.188. The molecule has 27 heavy (non-hydrogen) atoms. The minimum atomic E-state index is -0.588. The number of hydrogen-bond donors (Lipinski definition) is 2. The van der Waals surface area contributed by atoms with Crippen LogP contribution in [-0.2, 0) is 4.79 Å². The number of hydrogen-bond acceptors (Lipinski definition) is 8. The lowest BCUT2D eigenvalue weighted by Gasteiger charge is -2.10. The van der Waals surface area contributed by atoms with E-state index in [1.54, 1.807) is 18.6 Å². The quantitative estimate of drug-likeness (QED) is 0.576. The van der Waals surface area contributed by atoms with Gasteiger partial charge in [0.25, 0.3) is 5.91 Å². The summed E-state index contributed by atoms with van der Waals surface area (Å²) in [5, 5.41) is 16.9. The Hall–Kier alpha value is -2.92. The van der Waals surface area contributed by atoms with Gasteiger partial charge in [-0.15, -0.1) is 16.4 Å². The number of nitrogens with two attached hydrogens (primary N) is 1. The Bertz CT molecular complexity index is 984. The average molecular weight is 404 g/mol. The van der Waals surface area contributed by atoms with Gasteiger partial charge < -0.3 is 15.8 Å². The highest BCUT2D eigenvalue weighted by atomic mass is 32.2. The largest absolute Gasteiger partial charge is 0.494 e. The molecule has 3 N–H and O–H groups in total. The molecule has 0 saturated carbocycles. The summed E-state index contributed by atoms with van der Waals surface area (Å²) in [7, 11) is 1.57. The van der Waals surface area contributed by atoms with Crippen LogP contribution in [0.1, 0.15) is 15.9 Å². The number of thiophene rings is 1. The van der Waals surface area contributed by atoms with Gasteiger partial charge in [-0.25, -0.2) is 0 Å². The number of rotatable bonds is 7. The second kappa shape index (κ2) is 8.18. The number of nitrogens with one attached hydrogen (secondary N) is 1. The molecule has 3 aromatic rings. The molecule has 0 aliphatic rings. The summed E-state index contributed by atoms with van der Waals surface area (Å²) in [6.45, 7) is 1.95. The maximum atomic E-state index is 12.2. The van der Waals surface area contributed by atoms with Gasteiger partial charge >= 0.3 is 0 Å². The number of thioether (sulfide) groups is 1. The van der Waals surface area contributed by atoms with E-state index in [2.05, 4.69) is 20.8 Å². The van der Waals surface area contributed by atoms with Gasteiger partial charge in [0.2, 0.25) is 11.1 Å². The van der Waals surface area contributed by atoms with Crippen LogP contribution in [0.15, 0.2) is 34.8 Å². The first kappa shape index (κ1) is 18.9. The predicted octanol–water partition coefficient (Wildman–Crippen LogP) is 1.87. The summed E-state index contributed by atoms with van der Waals surface area (Å²) in [5.74, 6) is -0.209. The molecule has 0 radical (unpaired) electrons. The highest BCUT2D eigenvalue weighted by Crippen LogP contribution is 2.27. The van der Waals surface area contributed by atoms with Gasteiger partial charge in [0, 0.05) is 0 Å². The van der Waals surface area contributed by atoms with Gasteiger partial charge in [-0.05, 0) is 46.5 Å². The van der Waals surface area contributed by atoms with Crippen LogP contribution in [0, 0.1) is 6.92 Å². The van der Waals surface area contributed by atoms with Gasteiger partial charge in [-0.2, -0.15) is 4.68 Å². The second-order valence-electron chi connectivity index (χ2n) is 5.41. The Morgan fingerprint density at radius 1 is 1.37 bits per heavy atom. The smallest absolute Gasteiger partial charge is 0.251 e. The van der Waals surface area contributed by atoms with Crippen LogP contribution in [0.25, 0.3) is 5.69 Å².